The Labute approximate surface area is 85.7 Å². The van der Waals surface area contributed by atoms with Crippen molar-refractivity contribution in [1.29, 1.82) is 0 Å². The molecule has 0 atom stereocenters. The van der Waals surface area contributed by atoms with E-state index in [0.717, 1.165) is 0 Å². The minimum Gasteiger partial charge on any atom is -0.360 e. The van der Waals surface area contributed by atoms with Crippen LogP contribution in [0.1, 0.15) is 38.2 Å². The van der Waals surface area contributed by atoms with Gasteiger partial charge in [-0.05, 0) is 30.4 Å². The molecule has 75 valence electrons. The van der Waals surface area contributed by atoms with Gasteiger partial charge >= 0.3 is 0 Å². The molecule has 0 fully saturated rings. The highest BCUT2D eigenvalue weighted by Crippen LogP contribution is 2.37. The van der Waals surface area contributed by atoms with Gasteiger partial charge in [0.15, 0.2) is 0 Å². The number of rotatable bonds is 3. The summed E-state index contributed by atoms with van der Waals surface area (Å²) in [4.78, 5) is 0. The summed E-state index contributed by atoms with van der Waals surface area (Å²) in [6.45, 7) is 6.40. The van der Waals surface area contributed by atoms with Crippen LogP contribution in [0.4, 0.5) is 11.4 Å². The number of para-hydroxylation sites is 1. The summed E-state index contributed by atoms with van der Waals surface area (Å²) < 4.78 is 0. The molecule has 0 saturated carbocycles. The van der Waals surface area contributed by atoms with Gasteiger partial charge in [0, 0.05) is 0 Å². The summed E-state index contributed by atoms with van der Waals surface area (Å²) in [6.07, 6.45) is 2.41. The van der Waals surface area contributed by atoms with Crippen molar-refractivity contribution in [2.45, 2.75) is 32.6 Å². The van der Waals surface area contributed by atoms with E-state index in [9.17, 15) is 0 Å². The minimum atomic E-state index is 0.672. The summed E-state index contributed by atoms with van der Waals surface area (Å²) in [5.74, 6) is 0.672. The van der Waals surface area contributed by atoms with E-state index in [1.54, 1.807) is 0 Å². The number of nitrogens with one attached hydrogen (secondary N) is 2. The molecule has 1 aliphatic rings. The zero-order valence-electron chi connectivity index (χ0n) is 8.80. The first kappa shape index (κ1) is 9.38. The Balaban J connectivity index is 2.38. The van der Waals surface area contributed by atoms with E-state index in [1.807, 2.05) is 6.67 Å². The number of hydrogen-bond donors (Lipinski definition) is 2. The van der Waals surface area contributed by atoms with Gasteiger partial charge in [0.25, 0.3) is 0 Å². The topological polar surface area (TPSA) is 24.1 Å². The van der Waals surface area contributed by atoms with Crippen LogP contribution in [0.25, 0.3) is 0 Å². The van der Waals surface area contributed by atoms with Crippen LogP contribution in [0.3, 0.4) is 0 Å². The Morgan fingerprint density at radius 3 is 2.64 bits per heavy atom. The fraction of sp³-hybridized carbons (Fsp3) is 0.417. The maximum Gasteiger partial charge on any atom is 0.136 e. The fourth-order valence-electron chi connectivity index (χ4n) is 2.11. The third-order valence-corrected chi connectivity index (χ3v) is 2.97. The van der Waals surface area contributed by atoms with Gasteiger partial charge in [-0.1, -0.05) is 26.0 Å². The van der Waals surface area contributed by atoms with E-state index < -0.39 is 0 Å². The Morgan fingerprint density at radius 1 is 1.14 bits per heavy atom. The molecule has 1 radical (unpaired) electrons. The summed E-state index contributed by atoms with van der Waals surface area (Å²) in [5.41, 5.74) is 3.91. The summed E-state index contributed by atoms with van der Waals surface area (Å²) >= 11 is 0. The molecule has 0 unspecified atom stereocenters. The van der Waals surface area contributed by atoms with Crippen LogP contribution in [0, 0.1) is 6.67 Å². The monoisotopic (exact) mass is 189 g/mol. The lowest BCUT2D eigenvalue weighted by Crippen LogP contribution is -1.99. The van der Waals surface area contributed by atoms with Crippen molar-refractivity contribution >= 4 is 11.4 Å². The normalized spacial score (nSPS) is 13.6. The predicted molar refractivity (Wildman–Crippen MR) is 61.3 cm³/mol. The first-order chi connectivity index (χ1) is 6.86. The Morgan fingerprint density at radius 2 is 1.93 bits per heavy atom. The van der Waals surface area contributed by atoms with E-state index in [2.05, 4.69) is 42.7 Å². The molecule has 0 bridgehead atoms. The molecule has 2 nitrogen and oxygen atoms in total. The summed E-state index contributed by atoms with van der Waals surface area (Å²) in [7, 11) is 0. The van der Waals surface area contributed by atoms with Gasteiger partial charge in [0.05, 0.1) is 11.4 Å². The van der Waals surface area contributed by atoms with Gasteiger partial charge in [0.2, 0.25) is 0 Å². The van der Waals surface area contributed by atoms with Gasteiger partial charge < -0.3 is 10.6 Å². The fourth-order valence-corrected chi connectivity index (χ4v) is 2.11. The molecule has 2 heteroatoms. The molecule has 1 aliphatic heterocycles. The van der Waals surface area contributed by atoms with Crippen molar-refractivity contribution in [3.63, 3.8) is 0 Å². The van der Waals surface area contributed by atoms with Crippen LogP contribution in [0.15, 0.2) is 18.2 Å². The molecule has 2 rings (SSSR count). The third kappa shape index (κ3) is 1.45. The van der Waals surface area contributed by atoms with Gasteiger partial charge in [-0.3, -0.25) is 0 Å². The van der Waals surface area contributed by atoms with Crippen molar-refractivity contribution < 1.29 is 0 Å². The van der Waals surface area contributed by atoms with Crippen LogP contribution in [0.5, 0.6) is 0 Å². The van der Waals surface area contributed by atoms with E-state index in [1.165, 1.54) is 29.8 Å². The molecule has 0 aromatic heterocycles. The van der Waals surface area contributed by atoms with E-state index in [4.69, 9.17) is 0 Å². The molecule has 1 aromatic rings. The number of hydrogen-bond acceptors (Lipinski definition) is 2. The lowest BCUT2D eigenvalue weighted by atomic mass is 9.92. The van der Waals surface area contributed by atoms with Crippen LogP contribution in [-0.4, -0.2) is 0 Å². The van der Waals surface area contributed by atoms with Crippen molar-refractivity contribution in [1.82, 2.24) is 0 Å². The van der Waals surface area contributed by atoms with E-state index in [-0.39, 0.29) is 0 Å². The van der Waals surface area contributed by atoms with Crippen LogP contribution >= 0.6 is 0 Å². The average molecular weight is 189 g/mol. The molecule has 2 N–H and O–H groups in total. The first-order valence-corrected chi connectivity index (χ1v) is 5.34. The smallest absolute Gasteiger partial charge is 0.136 e. The second kappa shape index (κ2) is 3.91. The highest BCUT2D eigenvalue weighted by molar-refractivity contribution is 5.78. The van der Waals surface area contributed by atoms with Crippen molar-refractivity contribution in [2.24, 2.45) is 0 Å². The molecule has 0 spiro atoms. The lowest BCUT2D eigenvalue weighted by molar-refractivity contribution is 0.644. The number of fused-ring (bicyclic) bond motifs is 1. The molecule has 1 aromatic carbocycles. The molecule has 14 heavy (non-hydrogen) atoms. The standard InChI is InChI=1S/C12H17N2/c1-3-9(4-2)10-6-5-7-11-12(10)14-8-13-11/h5-9,13-14H,3-4H2,1-2H3. The Hall–Kier alpha value is -1.18. The van der Waals surface area contributed by atoms with E-state index in [0.29, 0.717) is 5.92 Å². The zero-order chi connectivity index (χ0) is 9.97. The Kier molecular flexibility index (Phi) is 2.62. The molecule has 0 amide bonds. The lowest BCUT2D eigenvalue weighted by Gasteiger charge is -2.16. The van der Waals surface area contributed by atoms with Crippen LogP contribution in [0.2, 0.25) is 0 Å². The molecule has 0 aliphatic carbocycles. The largest absolute Gasteiger partial charge is 0.360 e. The molecule has 0 saturated heterocycles. The van der Waals surface area contributed by atoms with Gasteiger partial charge in [0.1, 0.15) is 6.67 Å². The predicted octanol–water partition coefficient (Wildman–Crippen LogP) is 3.55. The second-order valence-electron chi connectivity index (χ2n) is 3.72. The van der Waals surface area contributed by atoms with Crippen molar-refractivity contribution in [3.8, 4) is 0 Å². The van der Waals surface area contributed by atoms with Gasteiger partial charge in [-0.25, -0.2) is 0 Å². The zero-order valence-corrected chi connectivity index (χ0v) is 8.80. The van der Waals surface area contributed by atoms with Gasteiger partial charge in [-0.2, -0.15) is 0 Å². The number of anilines is 2. The van der Waals surface area contributed by atoms with Gasteiger partial charge in [-0.15, -0.1) is 0 Å². The molecular weight excluding hydrogens is 172 g/mol. The first-order valence-electron chi connectivity index (χ1n) is 5.34. The highest BCUT2D eigenvalue weighted by Gasteiger charge is 2.17. The maximum atomic E-state index is 3.28. The summed E-state index contributed by atoms with van der Waals surface area (Å²) in [5, 5.41) is 6.49. The van der Waals surface area contributed by atoms with Crippen molar-refractivity contribution in [3.05, 3.63) is 30.4 Å². The highest BCUT2D eigenvalue weighted by atomic mass is 15.1. The second-order valence-corrected chi connectivity index (χ2v) is 3.72. The molecule has 1 heterocycles. The average Bonchev–Trinajstić information content (AvgIpc) is 2.68. The quantitative estimate of drug-likeness (QED) is 0.759. The minimum absolute atomic E-state index is 0.672. The molecular formula is C12H17N2. The third-order valence-electron chi connectivity index (χ3n) is 2.97. The SMILES string of the molecule is CCC(CC)c1cccc2c1N[CH]N2. The Bertz CT molecular complexity index is 316. The van der Waals surface area contributed by atoms with E-state index >= 15 is 0 Å². The summed E-state index contributed by atoms with van der Waals surface area (Å²) in [6, 6.07) is 6.46. The number of benzene rings is 1. The van der Waals surface area contributed by atoms with Crippen LogP contribution < -0.4 is 10.6 Å². The van der Waals surface area contributed by atoms with Crippen LogP contribution in [-0.2, 0) is 0 Å². The maximum absolute atomic E-state index is 3.28. The van der Waals surface area contributed by atoms with Crippen molar-refractivity contribution in [2.75, 3.05) is 10.6 Å².